The van der Waals surface area contributed by atoms with Crippen LogP contribution in [0.5, 0.6) is 0 Å². The SMILES string of the molecule is COCCCN1CCN(CCBr)CC1. The van der Waals surface area contributed by atoms with Crippen molar-refractivity contribution in [2.75, 3.05) is 58.3 Å². The zero-order chi connectivity index (χ0) is 10.2. The first kappa shape index (κ1) is 12.4. The first-order valence-electron chi connectivity index (χ1n) is 5.36. The summed E-state index contributed by atoms with van der Waals surface area (Å²) in [4.78, 5) is 5.05. The molecule has 0 aromatic carbocycles. The van der Waals surface area contributed by atoms with Crippen molar-refractivity contribution >= 4 is 15.9 Å². The van der Waals surface area contributed by atoms with Gasteiger partial charge in [-0.1, -0.05) is 15.9 Å². The van der Waals surface area contributed by atoms with Gasteiger partial charge >= 0.3 is 0 Å². The van der Waals surface area contributed by atoms with Crippen LogP contribution in [0, 0.1) is 0 Å². The molecule has 0 atom stereocenters. The molecule has 1 aliphatic heterocycles. The van der Waals surface area contributed by atoms with Gasteiger partial charge in [0.05, 0.1) is 0 Å². The van der Waals surface area contributed by atoms with Crippen molar-refractivity contribution in [2.45, 2.75) is 6.42 Å². The molecule has 0 N–H and O–H groups in total. The average Bonchev–Trinajstić information content (AvgIpc) is 2.21. The number of ether oxygens (including phenoxy) is 1. The highest BCUT2D eigenvalue weighted by Crippen LogP contribution is 2.02. The van der Waals surface area contributed by atoms with Crippen LogP contribution >= 0.6 is 15.9 Å². The van der Waals surface area contributed by atoms with Crippen LogP contribution in [0.15, 0.2) is 0 Å². The lowest BCUT2D eigenvalue weighted by Crippen LogP contribution is -2.47. The first-order chi connectivity index (χ1) is 6.86. The molecular formula is C10H21BrN2O. The molecule has 0 amide bonds. The van der Waals surface area contributed by atoms with Crippen molar-refractivity contribution in [3.8, 4) is 0 Å². The summed E-state index contributed by atoms with van der Waals surface area (Å²) in [7, 11) is 1.77. The Kier molecular flexibility index (Phi) is 6.77. The summed E-state index contributed by atoms with van der Waals surface area (Å²) in [6.45, 7) is 8.15. The Balaban J connectivity index is 2.03. The largest absolute Gasteiger partial charge is 0.385 e. The molecule has 84 valence electrons. The van der Waals surface area contributed by atoms with Gasteiger partial charge in [-0.05, 0) is 6.42 Å². The fourth-order valence-electron chi connectivity index (χ4n) is 1.79. The van der Waals surface area contributed by atoms with Crippen LogP contribution < -0.4 is 0 Å². The third kappa shape index (κ3) is 4.73. The number of hydrogen-bond donors (Lipinski definition) is 0. The Labute approximate surface area is 95.5 Å². The predicted octanol–water partition coefficient (Wildman–Crippen LogP) is 1.04. The summed E-state index contributed by atoms with van der Waals surface area (Å²) in [6.07, 6.45) is 1.16. The summed E-state index contributed by atoms with van der Waals surface area (Å²) in [5.74, 6) is 0. The minimum Gasteiger partial charge on any atom is -0.385 e. The van der Waals surface area contributed by atoms with Gasteiger partial charge in [0.2, 0.25) is 0 Å². The number of methoxy groups -OCH3 is 1. The van der Waals surface area contributed by atoms with Gasteiger partial charge in [-0.15, -0.1) is 0 Å². The van der Waals surface area contributed by atoms with E-state index in [4.69, 9.17) is 4.74 Å². The number of hydrogen-bond acceptors (Lipinski definition) is 3. The Morgan fingerprint density at radius 1 is 1.07 bits per heavy atom. The second-order valence-corrected chi connectivity index (χ2v) is 4.51. The standard InChI is InChI=1S/C10H21BrN2O/c1-14-10-2-4-12-6-8-13(5-3-11)9-7-12/h2-10H2,1H3. The number of nitrogens with zero attached hydrogens (tertiary/aromatic N) is 2. The lowest BCUT2D eigenvalue weighted by atomic mass is 10.3. The van der Waals surface area contributed by atoms with E-state index in [0.717, 1.165) is 18.4 Å². The van der Waals surface area contributed by atoms with Gasteiger partial charge in [-0.25, -0.2) is 0 Å². The third-order valence-corrected chi connectivity index (χ3v) is 3.04. The Hall–Kier alpha value is 0.360. The van der Waals surface area contributed by atoms with E-state index in [2.05, 4.69) is 25.7 Å². The molecule has 0 unspecified atom stereocenters. The smallest absolute Gasteiger partial charge is 0.0474 e. The van der Waals surface area contributed by atoms with Gasteiger partial charge in [0, 0.05) is 58.3 Å². The van der Waals surface area contributed by atoms with Crippen LogP contribution in [0.2, 0.25) is 0 Å². The van der Waals surface area contributed by atoms with Gasteiger partial charge in [-0.3, -0.25) is 4.90 Å². The zero-order valence-corrected chi connectivity index (χ0v) is 10.6. The van der Waals surface area contributed by atoms with Crippen LogP contribution in [-0.2, 0) is 4.74 Å². The lowest BCUT2D eigenvalue weighted by molar-refractivity contribution is 0.121. The van der Waals surface area contributed by atoms with Crippen molar-refractivity contribution in [3.05, 3.63) is 0 Å². The number of piperazine rings is 1. The maximum atomic E-state index is 5.05. The quantitative estimate of drug-likeness (QED) is 0.527. The van der Waals surface area contributed by atoms with Crippen molar-refractivity contribution in [1.29, 1.82) is 0 Å². The minimum absolute atomic E-state index is 0.890. The summed E-state index contributed by atoms with van der Waals surface area (Å²) < 4.78 is 5.05. The van der Waals surface area contributed by atoms with Crippen molar-refractivity contribution in [1.82, 2.24) is 9.80 Å². The molecule has 0 aliphatic carbocycles. The topological polar surface area (TPSA) is 15.7 Å². The summed E-state index contributed by atoms with van der Waals surface area (Å²) >= 11 is 3.48. The molecule has 1 saturated heterocycles. The number of rotatable bonds is 6. The molecule has 0 aromatic heterocycles. The van der Waals surface area contributed by atoms with Gasteiger partial charge in [-0.2, -0.15) is 0 Å². The maximum Gasteiger partial charge on any atom is 0.0474 e. The fraction of sp³-hybridized carbons (Fsp3) is 1.00. The fourth-order valence-corrected chi connectivity index (χ4v) is 2.29. The van der Waals surface area contributed by atoms with Crippen LogP contribution in [-0.4, -0.2) is 68.1 Å². The maximum absolute atomic E-state index is 5.05. The van der Waals surface area contributed by atoms with E-state index in [1.807, 2.05) is 0 Å². The van der Waals surface area contributed by atoms with E-state index in [1.54, 1.807) is 7.11 Å². The minimum atomic E-state index is 0.890. The molecule has 14 heavy (non-hydrogen) atoms. The van der Waals surface area contributed by atoms with Crippen molar-refractivity contribution in [2.24, 2.45) is 0 Å². The molecule has 1 aliphatic rings. The van der Waals surface area contributed by atoms with Crippen molar-refractivity contribution in [3.63, 3.8) is 0 Å². The van der Waals surface area contributed by atoms with Gasteiger partial charge < -0.3 is 9.64 Å². The molecule has 1 fully saturated rings. The second kappa shape index (κ2) is 7.63. The van der Waals surface area contributed by atoms with Gasteiger partial charge in [0.15, 0.2) is 0 Å². The van der Waals surface area contributed by atoms with Crippen molar-refractivity contribution < 1.29 is 4.74 Å². The van der Waals surface area contributed by atoms with Gasteiger partial charge in [0.1, 0.15) is 0 Å². The highest BCUT2D eigenvalue weighted by molar-refractivity contribution is 9.09. The van der Waals surface area contributed by atoms with Gasteiger partial charge in [0.25, 0.3) is 0 Å². The van der Waals surface area contributed by atoms with Crippen LogP contribution in [0.3, 0.4) is 0 Å². The highest BCUT2D eigenvalue weighted by atomic mass is 79.9. The van der Waals surface area contributed by atoms with E-state index in [-0.39, 0.29) is 0 Å². The van der Waals surface area contributed by atoms with E-state index in [0.29, 0.717) is 0 Å². The summed E-state index contributed by atoms with van der Waals surface area (Å²) in [6, 6.07) is 0. The first-order valence-corrected chi connectivity index (χ1v) is 6.48. The molecule has 0 radical (unpaired) electrons. The normalized spacial score (nSPS) is 20.1. The number of halogens is 1. The predicted molar refractivity (Wildman–Crippen MR) is 63.2 cm³/mol. The molecule has 4 heteroatoms. The Morgan fingerprint density at radius 2 is 1.64 bits per heavy atom. The third-order valence-electron chi connectivity index (χ3n) is 2.69. The molecule has 0 aromatic rings. The van der Waals surface area contributed by atoms with Crippen LogP contribution in [0.1, 0.15) is 6.42 Å². The number of alkyl halides is 1. The monoisotopic (exact) mass is 264 g/mol. The van der Waals surface area contributed by atoms with Crippen LogP contribution in [0.25, 0.3) is 0 Å². The second-order valence-electron chi connectivity index (χ2n) is 3.72. The zero-order valence-electron chi connectivity index (χ0n) is 9.04. The highest BCUT2D eigenvalue weighted by Gasteiger charge is 2.15. The Bertz CT molecular complexity index is 138. The summed E-state index contributed by atoms with van der Waals surface area (Å²) in [5, 5.41) is 1.09. The molecule has 0 saturated carbocycles. The Morgan fingerprint density at radius 3 is 2.14 bits per heavy atom. The molecular weight excluding hydrogens is 244 g/mol. The van der Waals surface area contributed by atoms with Crippen LogP contribution in [0.4, 0.5) is 0 Å². The van der Waals surface area contributed by atoms with E-state index in [1.165, 1.54) is 39.3 Å². The van der Waals surface area contributed by atoms with E-state index >= 15 is 0 Å². The summed E-state index contributed by atoms with van der Waals surface area (Å²) in [5.41, 5.74) is 0. The average molecular weight is 265 g/mol. The molecule has 0 spiro atoms. The van der Waals surface area contributed by atoms with E-state index in [9.17, 15) is 0 Å². The molecule has 1 heterocycles. The lowest BCUT2D eigenvalue weighted by Gasteiger charge is -2.34. The van der Waals surface area contributed by atoms with E-state index < -0.39 is 0 Å². The molecule has 0 bridgehead atoms. The molecule has 1 rings (SSSR count). The molecule has 3 nitrogen and oxygen atoms in total.